The minimum atomic E-state index is 0.560. The van der Waals surface area contributed by atoms with Crippen LogP contribution in [0.4, 0.5) is 5.82 Å². The van der Waals surface area contributed by atoms with Crippen molar-refractivity contribution in [3.63, 3.8) is 0 Å². The molecule has 0 unspecified atom stereocenters. The summed E-state index contributed by atoms with van der Waals surface area (Å²) in [6, 6.07) is 7.99. The van der Waals surface area contributed by atoms with E-state index in [1.165, 1.54) is 0 Å². The van der Waals surface area contributed by atoms with Crippen LogP contribution < -0.4 is 5.32 Å². The van der Waals surface area contributed by atoms with Crippen molar-refractivity contribution in [1.29, 1.82) is 0 Å². The number of rotatable bonds is 3. The molecule has 72 valence electrons. The standard InChI is InChI=1S/C10H10ClN3/c11-5-6-12-10-9-4-2-1-3-8(9)7-13-14-10/h1-4,7H,5-6H2,(H,12,14). The molecular formula is C10H10ClN3. The zero-order valence-electron chi connectivity index (χ0n) is 7.57. The first-order chi connectivity index (χ1) is 6.92. The van der Waals surface area contributed by atoms with Crippen LogP contribution in [0.2, 0.25) is 0 Å². The summed E-state index contributed by atoms with van der Waals surface area (Å²) in [6.07, 6.45) is 1.75. The third-order valence-corrected chi connectivity index (χ3v) is 2.15. The van der Waals surface area contributed by atoms with Crippen molar-refractivity contribution in [3.8, 4) is 0 Å². The second kappa shape index (κ2) is 4.24. The van der Waals surface area contributed by atoms with Gasteiger partial charge in [-0.25, -0.2) is 0 Å². The van der Waals surface area contributed by atoms with Gasteiger partial charge in [-0.2, -0.15) is 5.10 Å². The van der Waals surface area contributed by atoms with Crippen LogP contribution in [0.1, 0.15) is 0 Å². The Morgan fingerprint density at radius 1 is 1.29 bits per heavy atom. The van der Waals surface area contributed by atoms with Crippen molar-refractivity contribution in [1.82, 2.24) is 10.2 Å². The van der Waals surface area contributed by atoms with Crippen LogP contribution in [0.5, 0.6) is 0 Å². The second-order valence-corrected chi connectivity index (χ2v) is 3.27. The minimum absolute atomic E-state index is 0.560. The van der Waals surface area contributed by atoms with Gasteiger partial charge in [0.25, 0.3) is 0 Å². The molecule has 0 aliphatic rings. The van der Waals surface area contributed by atoms with Crippen molar-refractivity contribution in [2.45, 2.75) is 0 Å². The van der Waals surface area contributed by atoms with Gasteiger partial charge >= 0.3 is 0 Å². The lowest BCUT2D eigenvalue weighted by Gasteiger charge is -2.05. The van der Waals surface area contributed by atoms with Crippen LogP contribution in [0.25, 0.3) is 10.8 Å². The van der Waals surface area contributed by atoms with Crippen molar-refractivity contribution < 1.29 is 0 Å². The topological polar surface area (TPSA) is 37.8 Å². The lowest BCUT2D eigenvalue weighted by atomic mass is 10.2. The number of halogens is 1. The first-order valence-electron chi connectivity index (χ1n) is 4.42. The number of benzene rings is 1. The summed E-state index contributed by atoms with van der Waals surface area (Å²) in [6.45, 7) is 0.699. The largest absolute Gasteiger partial charge is 0.367 e. The Morgan fingerprint density at radius 2 is 2.14 bits per heavy atom. The van der Waals surface area contributed by atoms with E-state index in [1.54, 1.807) is 6.20 Å². The molecule has 0 spiro atoms. The fourth-order valence-electron chi connectivity index (χ4n) is 1.32. The summed E-state index contributed by atoms with van der Waals surface area (Å²) in [5, 5.41) is 13.2. The van der Waals surface area contributed by atoms with E-state index in [0.717, 1.165) is 16.6 Å². The van der Waals surface area contributed by atoms with Crippen LogP contribution in [-0.4, -0.2) is 22.6 Å². The average molecular weight is 208 g/mol. The number of hydrogen-bond donors (Lipinski definition) is 1. The molecule has 0 bridgehead atoms. The van der Waals surface area contributed by atoms with E-state index >= 15 is 0 Å². The monoisotopic (exact) mass is 207 g/mol. The maximum atomic E-state index is 5.59. The van der Waals surface area contributed by atoms with Gasteiger partial charge in [-0.15, -0.1) is 16.7 Å². The van der Waals surface area contributed by atoms with Gasteiger partial charge in [0.1, 0.15) is 0 Å². The van der Waals surface area contributed by atoms with E-state index in [4.69, 9.17) is 11.6 Å². The number of nitrogens with zero attached hydrogens (tertiary/aromatic N) is 2. The maximum absolute atomic E-state index is 5.59. The quantitative estimate of drug-likeness (QED) is 0.785. The molecule has 0 saturated heterocycles. The molecule has 1 aromatic heterocycles. The second-order valence-electron chi connectivity index (χ2n) is 2.90. The highest BCUT2D eigenvalue weighted by Crippen LogP contribution is 2.18. The van der Waals surface area contributed by atoms with E-state index < -0.39 is 0 Å². The molecule has 3 nitrogen and oxygen atoms in total. The highest BCUT2D eigenvalue weighted by molar-refractivity contribution is 6.18. The number of nitrogens with one attached hydrogen (secondary N) is 1. The Kier molecular flexibility index (Phi) is 2.79. The van der Waals surface area contributed by atoms with Crippen molar-refractivity contribution in [3.05, 3.63) is 30.5 Å². The van der Waals surface area contributed by atoms with Crippen molar-refractivity contribution in [2.24, 2.45) is 0 Å². The molecule has 2 rings (SSSR count). The van der Waals surface area contributed by atoms with Gasteiger partial charge in [0.2, 0.25) is 0 Å². The van der Waals surface area contributed by atoms with Gasteiger partial charge in [-0.3, -0.25) is 0 Å². The van der Waals surface area contributed by atoms with E-state index in [1.807, 2.05) is 24.3 Å². The van der Waals surface area contributed by atoms with Crippen LogP contribution in [0.15, 0.2) is 30.5 Å². The molecule has 0 aliphatic heterocycles. The van der Waals surface area contributed by atoms with Gasteiger partial charge in [0.15, 0.2) is 5.82 Å². The molecule has 1 heterocycles. The van der Waals surface area contributed by atoms with Crippen LogP contribution in [0.3, 0.4) is 0 Å². The van der Waals surface area contributed by atoms with Gasteiger partial charge in [-0.1, -0.05) is 24.3 Å². The van der Waals surface area contributed by atoms with Gasteiger partial charge in [-0.05, 0) is 0 Å². The fourth-order valence-corrected chi connectivity index (χ4v) is 1.42. The van der Waals surface area contributed by atoms with Gasteiger partial charge in [0, 0.05) is 23.2 Å². The summed E-state index contributed by atoms with van der Waals surface area (Å²) in [5.74, 6) is 1.36. The maximum Gasteiger partial charge on any atom is 0.156 e. The predicted molar refractivity (Wildman–Crippen MR) is 58.7 cm³/mol. The zero-order chi connectivity index (χ0) is 9.80. The van der Waals surface area contributed by atoms with E-state index in [9.17, 15) is 0 Å². The van der Waals surface area contributed by atoms with Gasteiger partial charge < -0.3 is 5.32 Å². The van der Waals surface area contributed by atoms with Gasteiger partial charge in [0.05, 0.1) is 6.20 Å². The molecule has 0 amide bonds. The van der Waals surface area contributed by atoms with Crippen LogP contribution >= 0.6 is 11.6 Å². The Balaban J connectivity index is 2.43. The molecule has 1 N–H and O–H groups in total. The molecule has 14 heavy (non-hydrogen) atoms. The number of fused-ring (bicyclic) bond motifs is 1. The summed E-state index contributed by atoms with van der Waals surface area (Å²) in [5.41, 5.74) is 0. The summed E-state index contributed by atoms with van der Waals surface area (Å²) in [4.78, 5) is 0. The Bertz CT molecular complexity index is 425. The number of alkyl halides is 1. The Hall–Kier alpha value is -1.35. The highest BCUT2D eigenvalue weighted by Gasteiger charge is 2.00. The Labute approximate surface area is 87.1 Å². The first-order valence-corrected chi connectivity index (χ1v) is 4.95. The highest BCUT2D eigenvalue weighted by atomic mass is 35.5. The van der Waals surface area contributed by atoms with Crippen molar-refractivity contribution in [2.75, 3.05) is 17.7 Å². The predicted octanol–water partition coefficient (Wildman–Crippen LogP) is 2.28. The third-order valence-electron chi connectivity index (χ3n) is 1.96. The smallest absolute Gasteiger partial charge is 0.156 e. The number of anilines is 1. The lowest BCUT2D eigenvalue weighted by Crippen LogP contribution is -2.05. The Morgan fingerprint density at radius 3 is 3.00 bits per heavy atom. The summed E-state index contributed by atoms with van der Waals surface area (Å²) < 4.78 is 0. The third kappa shape index (κ3) is 1.77. The van der Waals surface area contributed by atoms with Crippen molar-refractivity contribution >= 4 is 28.2 Å². The van der Waals surface area contributed by atoms with Crippen LogP contribution in [0, 0.1) is 0 Å². The molecular weight excluding hydrogens is 198 g/mol. The SMILES string of the molecule is ClCCNc1nncc2ccccc12. The number of aromatic nitrogens is 2. The first kappa shape index (κ1) is 9.21. The van der Waals surface area contributed by atoms with E-state index in [-0.39, 0.29) is 0 Å². The fraction of sp³-hybridized carbons (Fsp3) is 0.200. The van der Waals surface area contributed by atoms with E-state index in [2.05, 4.69) is 15.5 Å². The normalized spacial score (nSPS) is 10.4. The number of hydrogen-bond acceptors (Lipinski definition) is 3. The molecule has 0 fully saturated rings. The molecule has 0 aliphatic carbocycles. The summed E-state index contributed by atoms with van der Waals surface area (Å²) >= 11 is 5.59. The lowest BCUT2D eigenvalue weighted by molar-refractivity contribution is 1.03. The molecule has 4 heteroatoms. The zero-order valence-corrected chi connectivity index (χ0v) is 8.33. The average Bonchev–Trinajstić information content (AvgIpc) is 2.26. The summed E-state index contributed by atoms with van der Waals surface area (Å²) in [7, 11) is 0. The molecule has 1 aromatic carbocycles. The van der Waals surface area contributed by atoms with Crippen LogP contribution in [-0.2, 0) is 0 Å². The molecule has 2 aromatic rings. The molecule has 0 atom stereocenters. The minimum Gasteiger partial charge on any atom is -0.367 e. The molecule has 0 radical (unpaired) electrons. The van der Waals surface area contributed by atoms with E-state index in [0.29, 0.717) is 12.4 Å². The molecule has 0 saturated carbocycles.